The van der Waals surface area contributed by atoms with E-state index in [9.17, 15) is 30.4 Å². The Morgan fingerprint density at radius 3 is 2.26 bits per heavy atom. The van der Waals surface area contributed by atoms with Gasteiger partial charge in [0.25, 0.3) is 9.84 Å². The molecule has 3 rings (SSSR count). The summed E-state index contributed by atoms with van der Waals surface area (Å²) in [5.41, 5.74) is -6.05. The highest BCUT2D eigenvalue weighted by atomic mass is 32.2. The number of alkyl halides is 3. The van der Waals surface area contributed by atoms with Gasteiger partial charge in [0, 0.05) is 16.3 Å². The number of halogens is 5. The Kier molecular flexibility index (Phi) is 3.60. The molecule has 0 bridgehead atoms. The van der Waals surface area contributed by atoms with Crippen molar-refractivity contribution in [2.24, 2.45) is 0 Å². The van der Waals surface area contributed by atoms with Crippen LogP contribution in [0, 0.1) is 11.6 Å². The van der Waals surface area contributed by atoms with Crippen molar-refractivity contribution in [1.82, 2.24) is 0 Å². The zero-order valence-electron chi connectivity index (χ0n) is 11.1. The number of rotatable bonds is 2. The van der Waals surface area contributed by atoms with Crippen molar-refractivity contribution in [3.05, 3.63) is 47.5 Å². The van der Waals surface area contributed by atoms with Crippen LogP contribution < -0.4 is 0 Å². The zero-order valence-corrected chi connectivity index (χ0v) is 12.7. The molecule has 0 saturated carbocycles. The van der Waals surface area contributed by atoms with Gasteiger partial charge in [0.05, 0.1) is 15.2 Å². The van der Waals surface area contributed by atoms with Crippen molar-refractivity contribution in [3.63, 3.8) is 0 Å². The summed E-state index contributed by atoms with van der Waals surface area (Å²) in [5.74, 6) is -3.14. The van der Waals surface area contributed by atoms with Crippen molar-refractivity contribution in [2.75, 3.05) is 0 Å². The molecule has 0 N–H and O–H groups in total. The standard InChI is InChI=1S/C14H7F5O2S2/c15-10-3-1-2-8-9-5-4-7(6-23(20,21)14(17,18)19)11(16)13(9)22-12(8)10/h1-5H,6H2. The van der Waals surface area contributed by atoms with E-state index >= 15 is 0 Å². The number of hydrogen-bond acceptors (Lipinski definition) is 3. The molecule has 1 heterocycles. The Morgan fingerprint density at radius 2 is 1.61 bits per heavy atom. The Bertz CT molecular complexity index is 1020. The zero-order chi connectivity index (χ0) is 17.0. The van der Waals surface area contributed by atoms with Crippen molar-refractivity contribution in [3.8, 4) is 0 Å². The van der Waals surface area contributed by atoms with Crippen LogP contribution in [0.15, 0.2) is 30.3 Å². The van der Waals surface area contributed by atoms with Crippen LogP contribution in [0.25, 0.3) is 20.2 Å². The van der Waals surface area contributed by atoms with Crippen LogP contribution in [0.3, 0.4) is 0 Å². The van der Waals surface area contributed by atoms with E-state index in [1.807, 2.05) is 0 Å². The highest BCUT2D eigenvalue weighted by molar-refractivity contribution is 7.91. The van der Waals surface area contributed by atoms with E-state index in [2.05, 4.69) is 0 Å². The maximum atomic E-state index is 14.4. The molecular weight excluding hydrogens is 359 g/mol. The van der Waals surface area contributed by atoms with E-state index in [0.29, 0.717) is 10.8 Å². The van der Waals surface area contributed by atoms with Crippen molar-refractivity contribution >= 4 is 41.3 Å². The van der Waals surface area contributed by atoms with E-state index in [4.69, 9.17) is 0 Å². The van der Waals surface area contributed by atoms with Crippen LogP contribution in [0.2, 0.25) is 0 Å². The molecular formula is C14H7F5O2S2. The average molecular weight is 366 g/mol. The molecule has 2 aromatic carbocycles. The quantitative estimate of drug-likeness (QED) is 0.613. The summed E-state index contributed by atoms with van der Waals surface area (Å²) in [7, 11) is -5.49. The summed E-state index contributed by atoms with van der Waals surface area (Å²) in [6.45, 7) is 0. The minimum atomic E-state index is -5.49. The minimum absolute atomic E-state index is 0.0695. The third-order valence-corrected chi connectivity index (χ3v) is 5.96. The monoisotopic (exact) mass is 366 g/mol. The van der Waals surface area contributed by atoms with Crippen molar-refractivity contribution < 1.29 is 30.4 Å². The summed E-state index contributed by atoms with van der Waals surface area (Å²) in [4.78, 5) is 0. The third kappa shape index (κ3) is 2.57. The van der Waals surface area contributed by atoms with Gasteiger partial charge in [-0.1, -0.05) is 24.3 Å². The molecule has 0 saturated heterocycles. The van der Waals surface area contributed by atoms with Gasteiger partial charge >= 0.3 is 5.51 Å². The van der Waals surface area contributed by atoms with Gasteiger partial charge in [-0.25, -0.2) is 17.2 Å². The molecule has 0 aliphatic carbocycles. The van der Waals surface area contributed by atoms with E-state index < -0.39 is 38.3 Å². The highest BCUT2D eigenvalue weighted by Gasteiger charge is 2.45. The van der Waals surface area contributed by atoms with Crippen molar-refractivity contribution in [2.45, 2.75) is 11.3 Å². The highest BCUT2D eigenvalue weighted by Crippen LogP contribution is 2.38. The smallest absolute Gasteiger partial charge is 0.219 e. The fraction of sp³-hybridized carbons (Fsp3) is 0.143. The molecule has 1 aromatic heterocycles. The molecule has 9 heteroatoms. The molecule has 0 radical (unpaired) electrons. The van der Waals surface area contributed by atoms with E-state index in [1.54, 1.807) is 6.07 Å². The van der Waals surface area contributed by atoms with Crippen molar-refractivity contribution in [1.29, 1.82) is 0 Å². The molecule has 3 aromatic rings. The normalized spacial score (nSPS) is 13.1. The van der Waals surface area contributed by atoms with Crippen LogP contribution in [-0.2, 0) is 15.6 Å². The van der Waals surface area contributed by atoms with Crippen LogP contribution in [0.1, 0.15) is 5.56 Å². The molecule has 0 spiro atoms. The molecule has 0 aliphatic rings. The largest absolute Gasteiger partial charge is 0.497 e. The van der Waals surface area contributed by atoms with Gasteiger partial charge in [-0.3, -0.25) is 0 Å². The minimum Gasteiger partial charge on any atom is -0.219 e. The van der Waals surface area contributed by atoms with Crippen LogP contribution in [0.4, 0.5) is 22.0 Å². The number of hydrogen-bond donors (Lipinski definition) is 0. The Morgan fingerprint density at radius 1 is 0.957 bits per heavy atom. The van der Waals surface area contributed by atoms with Gasteiger partial charge < -0.3 is 0 Å². The SMILES string of the molecule is O=S(=O)(Cc1ccc2c(sc3c(F)cccc32)c1F)C(F)(F)F. The fourth-order valence-corrected chi connectivity index (χ4v) is 4.20. The van der Waals surface area contributed by atoms with Gasteiger partial charge in [0.1, 0.15) is 11.6 Å². The lowest BCUT2D eigenvalue weighted by Crippen LogP contribution is -2.25. The molecule has 122 valence electrons. The van der Waals surface area contributed by atoms with Gasteiger partial charge in [-0.15, -0.1) is 11.3 Å². The molecule has 0 fully saturated rings. The lowest BCUT2D eigenvalue weighted by molar-refractivity contribution is -0.0437. The predicted octanol–water partition coefficient (Wildman–Crippen LogP) is 4.77. The summed E-state index contributed by atoms with van der Waals surface area (Å²) >= 11 is 0.736. The van der Waals surface area contributed by atoms with Gasteiger partial charge in [-0.05, 0) is 6.07 Å². The topological polar surface area (TPSA) is 34.1 Å². The Hall–Kier alpha value is -1.74. The third-order valence-electron chi connectivity index (χ3n) is 3.34. The van der Waals surface area contributed by atoms with E-state index in [0.717, 1.165) is 17.4 Å². The summed E-state index contributed by atoms with van der Waals surface area (Å²) in [6.07, 6.45) is 0. The van der Waals surface area contributed by atoms with Gasteiger partial charge in [0.2, 0.25) is 0 Å². The Balaban J connectivity index is 2.21. The Labute approximate surface area is 131 Å². The molecule has 0 atom stereocenters. The summed E-state index contributed by atoms with van der Waals surface area (Å²) < 4.78 is 87.9. The van der Waals surface area contributed by atoms with Crippen LogP contribution >= 0.6 is 11.3 Å². The first kappa shape index (κ1) is 16.1. The molecule has 2 nitrogen and oxygen atoms in total. The summed E-state index contributed by atoms with van der Waals surface area (Å²) in [5, 5.41) is 0.754. The number of benzene rings is 2. The fourth-order valence-electron chi connectivity index (χ4n) is 2.23. The number of fused-ring (bicyclic) bond motifs is 3. The maximum Gasteiger partial charge on any atom is 0.497 e. The van der Waals surface area contributed by atoms with Gasteiger partial charge in [-0.2, -0.15) is 13.2 Å². The number of sulfone groups is 1. The first-order valence-corrected chi connectivity index (χ1v) is 8.66. The maximum absolute atomic E-state index is 14.4. The average Bonchev–Trinajstić information content (AvgIpc) is 2.82. The number of thiophene rings is 1. The second-order valence-electron chi connectivity index (χ2n) is 4.84. The van der Waals surface area contributed by atoms with Crippen LogP contribution in [-0.4, -0.2) is 13.9 Å². The predicted molar refractivity (Wildman–Crippen MR) is 77.9 cm³/mol. The molecule has 0 amide bonds. The molecule has 23 heavy (non-hydrogen) atoms. The first-order chi connectivity index (χ1) is 10.6. The van der Waals surface area contributed by atoms with E-state index in [1.165, 1.54) is 18.2 Å². The van der Waals surface area contributed by atoms with E-state index in [-0.39, 0.29) is 9.40 Å². The molecule has 0 unspecified atom stereocenters. The second-order valence-corrected chi connectivity index (χ2v) is 7.84. The van der Waals surface area contributed by atoms with Gasteiger partial charge in [0.15, 0.2) is 0 Å². The second kappa shape index (κ2) is 5.13. The molecule has 0 aliphatic heterocycles. The van der Waals surface area contributed by atoms with Crippen LogP contribution in [0.5, 0.6) is 0 Å². The first-order valence-electron chi connectivity index (χ1n) is 6.19. The summed E-state index contributed by atoms with van der Waals surface area (Å²) in [6, 6.07) is 6.47. The lowest BCUT2D eigenvalue weighted by Gasteiger charge is -2.09. The lowest BCUT2D eigenvalue weighted by atomic mass is 10.1.